The number of allylic oxidation sites excluding steroid dienone is 1. The number of ether oxygens (including phenoxy) is 1. The van der Waals surface area contributed by atoms with Crippen LogP contribution in [0.2, 0.25) is 0 Å². The zero-order chi connectivity index (χ0) is 31.7. The van der Waals surface area contributed by atoms with Crippen molar-refractivity contribution in [2.24, 2.45) is 11.7 Å². The number of nitrogens with zero attached hydrogens (tertiary/aromatic N) is 1. The van der Waals surface area contributed by atoms with Crippen molar-refractivity contribution in [3.63, 3.8) is 0 Å². The first-order valence-corrected chi connectivity index (χ1v) is 14.8. The van der Waals surface area contributed by atoms with E-state index in [0.717, 1.165) is 23.1 Å². The molecule has 3 rings (SSSR count). The number of thioether (sulfide) groups is 1. The van der Waals surface area contributed by atoms with Crippen molar-refractivity contribution in [2.75, 3.05) is 5.75 Å². The van der Waals surface area contributed by atoms with Crippen LogP contribution in [0.4, 0.5) is 0 Å². The second-order valence-corrected chi connectivity index (χ2v) is 11.6. The third kappa shape index (κ3) is 9.35. The van der Waals surface area contributed by atoms with Gasteiger partial charge in [-0.2, -0.15) is 0 Å². The highest BCUT2D eigenvalue weighted by molar-refractivity contribution is 8.00. The van der Waals surface area contributed by atoms with Gasteiger partial charge in [-0.3, -0.25) is 25.1 Å². The normalized spacial score (nSPS) is 19.7. The highest BCUT2D eigenvalue weighted by Crippen LogP contribution is 2.42. The highest BCUT2D eigenvalue weighted by Gasteiger charge is 2.40. The summed E-state index contributed by atoms with van der Waals surface area (Å²) in [5.41, 5.74) is 5.64. The number of fused-ring (bicyclic) bond motifs is 1. The van der Waals surface area contributed by atoms with Crippen molar-refractivity contribution in [3.05, 3.63) is 53.1 Å². The number of aliphatic hydroxyl groups excluding tert-OH is 1. The summed E-state index contributed by atoms with van der Waals surface area (Å²) in [5, 5.41) is 41.1. The molecule has 2 amide bonds. The predicted octanol–water partition coefficient (Wildman–Crippen LogP) is 0.189. The van der Waals surface area contributed by atoms with E-state index in [1.807, 2.05) is 30.4 Å². The van der Waals surface area contributed by atoms with Gasteiger partial charge in [-0.05, 0) is 49.0 Å². The zero-order valence-electron chi connectivity index (χ0n) is 23.5. The number of carboxylic acid groups (broad SMARTS) is 2. The van der Waals surface area contributed by atoms with Crippen molar-refractivity contribution in [3.8, 4) is 0 Å². The lowest BCUT2D eigenvalue weighted by atomic mass is 9.83. The van der Waals surface area contributed by atoms with Crippen molar-refractivity contribution < 1.29 is 49.1 Å². The maximum absolute atomic E-state index is 12.9. The number of amides is 2. The lowest BCUT2D eigenvalue weighted by molar-refractivity contribution is -0.159. The molecule has 14 nitrogen and oxygen atoms in total. The van der Waals surface area contributed by atoms with Crippen molar-refractivity contribution in [1.82, 2.24) is 15.6 Å². The SMILES string of the molecule is CCC[C@@H](SC[C@H](NC(=O)CC[C@@](N)(O)C(=O)O)C(=O)N[C@@H](O)C(=O)O)C1=C2CCC(Cc3ccncc3)=C[C@H]2C(=O)O1. The first-order valence-electron chi connectivity index (χ1n) is 13.7. The predicted molar refractivity (Wildman–Crippen MR) is 153 cm³/mol. The number of esters is 1. The van der Waals surface area contributed by atoms with Gasteiger partial charge in [-0.15, -0.1) is 11.8 Å². The van der Waals surface area contributed by atoms with Gasteiger partial charge >= 0.3 is 17.9 Å². The Bertz CT molecular complexity index is 1280. The standard InChI is InChI=1S/C28H36N4O10S/c1-2-3-20(22-17-5-4-16(13-18(17)26(38)42-22)12-15-7-10-30-11-8-15)43-14-19(23(34)32-24(35)25(36)37)31-21(33)6-9-28(29,41)27(39)40/h7-8,10-11,13,18-20,24,35,41H,2-6,9,12,14,29H2,1H3,(H,31,33)(H,32,34)(H,36,37)(H,39,40)/t18-,19+,20-,24+,28-/m1/s1. The quantitative estimate of drug-likeness (QED) is 0.0743. The fourth-order valence-electron chi connectivity index (χ4n) is 4.70. The summed E-state index contributed by atoms with van der Waals surface area (Å²) < 4.78 is 5.75. The molecular weight excluding hydrogens is 584 g/mol. The van der Waals surface area contributed by atoms with Crippen LogP contribution in [-0.2, 0) is 35.1 Å². The fraction of sp³-hybridized carbons (Fsp3) is 0.500. The monoisotopic (exact) mass is 620 g/mol. The zero-order valence-corrected chi connectivity index (χ0v) is 24.3. The molecule has 0 bridgehead atoms. The molecule has 1 aliphatic heterocycles. The first-order chi connectivity index (χ1) is 20.3. The molecule has 0 radical (unpaired) electrons. The van der Waals surface area contributed by atoms with Crippen LogP contribution in [0, 0.1) is 5.92 Å². The molecule has 0 fully saturated rings. The Morgan fingerprint density at radius 1 is 1.19 bits per heavy atom. The van der Waals surface area contributed by atoms with E-state index < -0.39 is 66.5 Å². The lowest BCUT2D eigenvalue weighted by Crippen LogP contribution is -2.53. The highest BCUT2D eigenvalue weighted by atomic mass is 32.2. The second kappa shape index (κ2) is 15.1. The van der Waals surface area contributed by atoms with E-state index in [-0.39, 0.29) is 11.0 Å². The molecule has 0 saturated heterocycles. The summed E-state index contributed by atoms with van der Waals surface area (Å²) in [7, 11) is 0. The summed E-state index contributed by atoms with van der Waals surface area (Å²) in [6.45, 7) is 1.94. The number of hydrogen-bond acceptors (Lipinski definition) is 11. The number of carboxylic acids is 2. The maximum Gasteiger partial charge on any atom is 0.353 e. The van der Waals surface area contributed by atoms with Crippen molar-refractivity contribution in [2.45, 2.75) is 75.1 Å². The smallest absolute Gasteiger partial charge is 0.353 e. The molecular formula is C28H36N4O10S. The molecule has 5 atom stereocenters. The second-order valence-electron chi connectivity index (χ2n) is 10.4. The van der Waals surface area contributed by atoms with Crippen LogP contribution in [0.25, 0.3) is 0 Å². The number of nitrogens with two attached hydrogens (primary N) is 1. The number of carbonyl (C=O) groups excluding carboxylic acids is 3. The molecule has 0 aromatic carbocycles. The number of carbonyl (C=O) groups is 5. The van der Waals surface area contributed by atoms with E-state index in [4.69, 9.17) is 20.7 Å². The summed E-state index contributed by atoms with van der Waals surface area (Å²) >= 11 is 1.21. The third-order valence-electron chi connectivity index (χ3n) is 7.03. The van der Waals surface area contributed by atoms with Gasteiger partial charge in [0.15, 0.2) is 0 Å². The Hall–Kier alpha value is -3.79. The van der Waals surface area contributed by atoms with Crippen LogP contribution in [0.3, 0.4) is 0 Å². The summed E-state index contributed by atoms with van der Waals surface area (Å²) in [6.07, 6.45) is 5.21. The number of aliphatic hydroxyl groups is 2. The largest absolute Gasteiger partial charge is 0.478 e. The van der Waals surface area contributed by atoms with Crippen LogP contribution < -0.4 is 16.4 Å². The van der Waals surface area contributed by atoms with E-state index in [9.17, 15) is 34.2 Å². The molecule has 43 heavy (non-hydrogen) atoms. The number of pyridine rings is 1. The van der Waals surface area contributed by atoms with Crippen LogP contribution in [0.5, 0.6) is 0 Å². The third-order valence-corrected chi connectivity index (χ3v) is 8.41. The van der Waals surface area contributed by atoms with Crippen LogP contribution in [0.1, 0.15) is 51.0 Å². The van der Waals surface area contributed by atoms with Gasteiger partial charge in [0.1, 0.15) is 17.7 Å². The van der Waals surface area contributed by atoms with Crippen LogP contribution in [0.15, 0.2) is 47.5 Å². The first kappa shape index (κ1) is 33.7. The van der Waals surface area contributed by atoms with E-state index in [0.29, 0.717) is 31.4 Å². The average molecular weight is 621 g/mol. The molecule has 1 aromatic heterocycles. The summed E-state index contributed by atoms with van der Waals surface area (Å²) in [5.74, 6) is -5.81. The Morgan fingerprint density at radius 3 is 2.51 bits per heavy atom. The fourth-order valence-corrected chi connectivity index (χ4v) is 6.11. The molecule has 1 aliphatic carbocycles. The molecule has 0 unspecified atom stereocenters. The van der Waals surface area contributed by atoms with Crippen molar-refractivity contribution in [1.29, 1.82) is 0 Å². The minimum Gasteiger partial charge on any atom is -0.478 e. The van der Waals surface area contributed by atoms with Gasteiger partial charge in [-0.25, -0.2) is 9.59 Å². The molecule has 234 valence electrons. The van der Waals surface area contributed by atoms with E-state index in [2.05, 4.69) is 10.3 Å². The van der Waals surface area contributed by atoms with Gasteiger partial charge in [0.2, 0.25) is 23.8 Å². The minimum atomic E-state index is -2.67. The number of aromatic nitrogens is 1. The van der Waals surface area contributed by atoms with Crippen molar-refractivity contribution >= 4 is 41.5 Å². The number of aliphatic carboxylic acids is 2. The molecule has 2 aliphatic rings. The Balaban J connectivity index is 1.75. The lowest BCUT2D eigenvalue weighted by Gasteiger charge is -2.24. The van der Waals surface area contributed by atoms with Gasteiger partial charge in [0.05, 0.1) is 5.25 Å². The van der Waals surface area contributed by atoms with Gasteiger partial charge < -0.3 is 35.8 Å². The Morgan fingerprint density at radius 2 is 1.88 bits per heavy atom. The average Bonchev–Trinajstić information content (AvgIpc) is 3.29. The van der Waals surface area contributed by atoms with E-state index in [1.54, 1.807) is 12.4 Å². The Kier molecular flexibility index (Phi) is 11.8. The topological polar surface area (TPSA) is 238 Å². The molecule has 8 N–H and O–H groups in total. The Labute approximate surface area is 251 Å². The molecule has 0 saturated carbocycles. The number of nitrogens with one attached hydrogen (secondary N) is 2. The molecule has 1 aromatic rings. The van der Waals surface area contributed by atoms with Gasteiger partial charge in [-0.1, -0.05) is 25.0 Å². The number of hydrogen-bond donors (Lipinski definition) is 7. The van der Waals surface area contributed by atoms with E-state index >= 15 is 0 Å². The summed E-state index contributed by atoms with van der Waals surface area (Å²) in [6, 6.07) is 2.47. The minimum absolute atomic E-state index is 0.109. The maximum atomic E-state index is 12.9. The number of cyclic esters (lactones) is 1. The van der Waals surface area contributed by atoms with E-state index in [1.165, 1.54) is 11.8 Å². The molecule has 15 heteroatoms. The van der Waals surface area contributed by atoms with Gasteiger partial charge in [0, 0.05) is 31.0 Å². The molecule has 2 heterocycles. The summed E-state index contributed by atoms with van der Waals surface area (Å²) in [4.78, 5) is 64.4. The van der Waals surface area contributed by atoms with Gasteiger partial charge in [0.25, 0.3) is 0 Å². The van der Waals surface area contributed by atoms with Crippen LogP contribution in [-0.4, -0.2) is 84.1 Å². The number of rotatable bonds is 16. The molecule has 0 spiro atoms. The van der Waals surface area contributed by atoms with Crippen LogP contribution >= 0.6 is 11.8 Å².